The Kier molecular flexibility index (Phi) is 10.1. The number of hydrogen-bond donors (Lipinski definition) is 1. The number of nitrogens with zero attached hydrogens (tertiary/aromatic N) is 3. The quantitative estimate of drug-likeness (QED) is 0.368. The van der Waals surface area contributed by atoms with Gasteiger partial charge in [-0.2, -0.15) is 0 Å². The molecule has 0 saturated heterocycles. The van der Waals surface area contributed by atoms with Gasteiger partial charge >= 0.3 is 0 Å². The maximum Gasteiger partial charge on any atom is 0.193 e. The summed E-state index contributed by atoms with van der Waals surface area (Å²) >= 11 is 0. The van der Waals surface area contributed by atoms with E-state index in [1.165, 1.54) is 24.3 Å². The lowest BCUT2D eigenvalue weighted by atomic mass is 10.1. The van der Waals surface area contributed by atoms with Crippen LogP contribution in [0.5, 0.6) is 5.75 Å². The maximum absolute atomic E-state index is 13.9. The topological polar surface area (TPSA) is 49.8 Å². The number of aromatic nitrogens is 1. The van der Waals surface area contributed by atoms with Gasteiger partial charge in [-0.1, -0.05) is 6.07 Å². The average Bonchev–Trinajstić information content (AvgIpc) is 2.62. The minimum atomic E-state index is -0.353. The van der Waals surface area contributed by atoms with Crippen molar-refractivity contribution in [1.82, 2.24) is 15.2 Å². The van der Waals surface area contributed by atoms with Gasteiger partial charge in [0, 0.05) is 39.1 Å². The fraction of sp³-hybridized carbons (Fsp3) is 0.400. The third-order valence-corrected chi connectivity index (χ3v) is 4.11. The van der Waals surface area contributed by atoms with E-state index in [1.54, 1.807) is 6.07 Å². The van der Waals surface area contributed by atoms with E-state index in [4.69, 9.17) is 9.73 Å². The summed E-state index contributed by atoms with van der Waals surface area (Å²) in [4.78, 5) is 10.8. The molecule has 0 amide bonds. The molecule has 148 valence electrons. The number of aryl methyl sites for hydroxylation is 1. The molecule has 0 aliphatic carbocycles. The molecule has 0 saturated carbocycles. The fourth-order valence-electron chi connectivity index (χ4n) is 2.69. The first kappa shape index (κ1) is 23.1. The number of aliphatic imine (C=N–C) groups is 1. The molecule has 0 bridgehead atoms. The predicted molar refractivity (Wildman–Crippen MR) is 118 cm³/mol. The third-order valence-electron chi connectivity index (χ3n) is 4.11. The lowest BCUT2D eigenvalue weighted by Crippen LogP contribution is -2.38. The Hall–Kier alpha value is -1.90. The molecule has 2 aromatic rings. The second kappa shape index (κ2) is 11.7. The molecule has 0 aliphatic rings. The number of ether oxygens (including phenoxy) is 1. The smallest absolute Gasteiger partial charge is 0.193 e. The second-order valence-corrected chi connectivity index (χ2v) is 6.11. The van der Waals surface area contributed by atoms with Gasteiger partial charge in [0.15, 0.2) is 17.5 Å². The number of halogens is 2. The van der Waals surface area contributed by atoms with Crippen LogP contribution in [0.15, 0.2) is 41.7 Å². The highest BCUT2D eigenvalue weighted by atomic mass is 127. The van der Waals surface area contributed by atoms with E-state index < -0.39 is 0 Å². The molecule has 0 atom stereocenters. The zero-order valence-electron chi connectivity index (χ0n) is 16.3. The Morgan fingerprint density at radius 3 is 2.74 bits per heavy atom. The minimum absolute atomic E-state index is 0. The summed E-state index contributed by atoms with van der Waals surface area (Å²) in [5.74, 6) is 0.702. The molecule has 5 nitrogen and oxygen atoms in total. The van der Waals surface area contributed by atoms with Crippen molar-refractivity contribution in [1.29, 1.82) is 0 Å². The van der Waals surface area contributed by atoms with Gasteiger partial charge in [-0.3, -0.25) is 9.98 Å². The van der Waals surface area contributed by atoms with Crippen molar-refractivity contribution in [3.8, 4) is 5.75 Å². The summed E-state index contributed by atoms with van der Waals surface area (Å²) in [5, 5.41) is 3.29. The van der Waals surface area contributed by atoms with Gasteiger partial charge in [-0.25, -0.2) is 4.39 Å². The fourth-order valence-corrected chi connectivity index (χ4v) is 2.69. The Balaban J connectivity index is 0.00000364. The highest BCUT2D eigenvalue weighted by Gasteiger charge is 2.09. The van der Waals surface area contributed by atoms with Gasteiger partial charge in [-0.05, 0) is 55.2 Å². The van der Waals surface area contributed by atoms with Crippen molar-refractivity contribution in [2.24, 2.45) is 4.99 Å². The normalized spacial score (nSPS) is 10.9. The Morgan fingerprint density at radius 2 is 2.11 bits per heavy atom. The largest absolute Gasteiger partial charge is 0.494 e. The Morgan fingerprint density at radius 1 is 1.33 bits per heavy atom. The number of pyridine rings is 1. The van der Waals surface area contributed by atoms with Crippen LogP contribution in [0.25, 0.3) is 0 Å². The zero-order chi connectivity index (χ0) is 18.9. The van der Waals surface area contributed by atoms with E-state index >= 15 is 0 Å². The van der Waals surface area contributed by atoms with Crippen molar-refractivity contribution in [2.75, 3.05) is 27.2 Å². The SMILES string of the molecule is CCNC(=NCCc1ccncc1C)N(C)Cc1ccc(OC)c(F)c1.I. The van der Waals surface area contributed by atoms with Gasteiger partial charge in [-0.15, -0.1) is 24.0 Å². The van der Waals surface area contributed by atoms with Crippen LogP contribution >= 0.6 is 24.0 Å². The molecule has 0 radical (unpaired) electrons. The lowest BCUT2D eigenvalue weighted by molar-refractivity contribution is 0.385. The molecular weight excluding hydrogens is 458 g/mol. The standard InChI is InChI=1S/C20H27FN4O.HI/c1-5-23-20(24-11-9-17-8-10-22-13-15(17)2)25(3)14-16-6-7-19(26-4)18(21)12-16;/h6-8,10,12-13H,5,9,11,14H2,1-4H3,(H,23,24);1H. The Labute approximate surface area is 178 Å². The number of guanidine groups is 1. The molecule has 1 aromatic carbocycles. The molecule has 0 fully saturated rings. The summed E-state index contributed by atoms with van der Waals surface area (Å²) in [5.41, 5.74) is 3.29. The van der Waals surface area contributed by atoms with Crippen molar-refractivity contribution >= 4 is 29.9 Å². The van der Waals surface area contributed by atoms with Crippen LogP contribution in [0.2, 0.25) is 0 Å². The van der Waals surface area contributed by atoms with Gasteiger partial charge in [0.25, 0.3) is 0 Å². The molecule has 0 spiro atoms. The molecule has 0 unspecified atom stereocenters. The van der Waals surface area contributed by atoms with Crippen molar-refractivity contribution in [3.63, 3.8) is 0 Å². The third kappa shape index (κ3) is 6.97. The van der Waals surface area contributed by atoms with E-state index in [-0.39, 0.29) is 35.5 Å². The molecule has 1 N–H and O–H groups in total. The Bertz CT molecular complexity index is 755. The van der Waals surface area contributed by atoms with Crippen LogP contribution in [0.3, 0.4) is 0 Å². The zero-order valence-corrected chi connectivity index (χ0v) is 18.7. The molecule has 27 heavy (non-hydrogen) atoms. The first-order valence-electron chi connectivity index (χ1n) is 8.76. The van der Waals surface area contributed by atoms with Crippen molar-refractivity contribution in [3.05, 3.63) is 59.2 Å². The highest BCUT2D eigenvalue weighted by molar-refractivity contribution is 14.0. The van der Waals surface area contributed by atoms with Crippen LogP contribution in [-0.2, 0) is 13.0 Å². The second-order valence-electron chi connectivity index (χ2n) is 6.11. The van der Waals surface area contributed by atoms with E-state index in [2.05, 4.69) is 17.2 Å². The highest BCUT2D eigenvalue weighted by Crippen LogP contribution is 2.18. The van der Waals surface area contributed by atoms with E-state index in [0.29, 0.717) is 13.1 Å². The number of hydrogen-bond acceptors (Lipinski definition) is 3. The van der Waals surface area contributed by atoms with Crippen molar-refractivity contribution < 1.29 is 9.13 Å². The first-order valence-corrected chi connectivity index (χ1v) is 8.76. The van der Waals surface area contributed by atoms with Crippen LogP contribution in [-0.4, -0.2) is 43.1 Å². The molecule has 2 rings (SSSR count). The number of benzene rings is 1. The predicted octanol–water partition coefficient (Wildman–Crippen LogP) is 3.80. The minimum Gasteiger partial charge on any atom is -0.494 e. The lowest BCUT2D eigenvalue weighted by Gasteiger charge is -2.22. The van der Waals surface area contributed by atoms with Crippen LogP contribution in [0.1, 0.15) is 23.6 Å². The molecular formula is C20H28FIN4O. The average molecular weight is 486 g/mol. The van der Waals surface area contributed by atoms with Gasteiger partial charge in [0.1, 0.15) is 0 Å². The van der Waals surface area contributed by atoms with Crippen molar-refractivity contribution in [2.45, 2.75) is 26.8 Å². The van der Waals surface area contributed by atoms with E-state index in [9.17, 15) is 4.39 Å². The first-order chi connectivity index (χ1) is 12.5. The van der Waals surface area contributed by atoms with Crippen LogP contribution in [0, 0.1) is 12.7 Å². The number of nitrogens with one attached hydrogen (secondary N) is 1. The molecule has 1 aromatic heterocycles. The monoisotopic (exact) mass is 486 g/mol. The summed E-state index contributed by atoms with van der Waals surface area (Å²) in [7, 11) is 3.41. The van der Waals surface area contributed by atoms with Gasteiger partial charge < -0.3 is 15.0 Å². The molecule has 7 heteroatoms. The molecule has 0 aliphatic heterocycles. The van der Waals surface area contributed by atoms with Gasteiger partial charge in [0.2, 0.25) is 0 Å². The number of methoxy groups -OCH3 is 1. The summed E-state index contributed by atoms with van der Waals surface area (Å²) in [6.07, 6.45) is 4.53. The summed E-state index contributed by atoms with van der Waals surface area (Å²) < 4.78 is 18.9. The van der Waals surface area contributed by atoms with E-state index in [1.807, 2.05) is 43.4 Å². The summed E-state index contributed by atoms with van der Waals surface area (Å²) in [6, 6.07) is 7.04. The van der Waals surface area contributed by atoms with Crippen LogP contribution in [0.4, 0.5) is 4.39 Å². The van der Waals surface area contributed by atoms with E-state index in [0.717, 1.165) is 24.5 Å². The van der Waals surface area contributed by atoms with Gasteiger partial charge in [0.05, 0.1) is 7.11 Å². The number of rotatable bonds is 7. The summed E-state index contributed by atoms with van der Waals surface area (Å²) in [6.45, 7) is 6.09. The maximum atomic E-state index is 13.9. The van der Waals surface area contributed by atoms with Crippen LogP contribution < -0.4 is 10.1 Å². The molecule has 1 heterocycles.